The first-order valence-corrected chi connectivity index (χ1v) is 8.05. The van der Waals surface area contributed by atoms with E-state index < -0.39 is 31.7 Å². The van der Waals surface area contributed by atoms with E-state index in [1.54, 1.807) is 0 Å². The number of hydrogen-bond donors (Lipinski definition) is 1. The maximum atomic E-state index is 12.8. The summed E-state index contributed by atoms with van der Waals surface area (Å²) in [6.07, 6.45) is -4.09. The van der Waals surface area contributed by atoms with Gasteiger partial charge < -0.3 is 5.73 Å². The van der Waals surface area contributed by atoms with Crippen molar-refractivity contribution >= 4 is 21.6 Å². The van der Waals surface area contributed by atoms with Crippen molar-refractivity contribution in [3.05, 3.63) is 28.8 Å². The molecule has 1 aliphatic heterocycles. The van der Waals surface area contributed by atoms with Crippen LogP contribution in [-0.4, -0.2) is 32.4 Å². The summed E-state index contributed by atoms with van der Waals surface area (Å²) in [5.41, 5.74) is 4.34. The van der Waals surface area contributed by atoms with Gasteiger partial charge in [0.1, 0.15) is 0 Å². The summed E-state index contributed by atoms with van der Waals surface area (Å²) in [6, 6.07) is 2.61. The van der Waals surface area contributed by atoms with E-state index in [2.05, 4.69) is 0 Å². The van der Waals surface area contributed by atoms with Crippen LogP contribution in [-0.2, 0) is 16.2 Å². The zero-order chi connectivity index (χ0) is 15.8. The summed E-state index contributed by atoms with van der Waals surface area (Å²) in [4.78, 5) is -0.406. The lowest BCUT2D eigenvalue weighted by Gasteiger charge is -2.18. The fraction of sp³-hybridized carbons (Fsp3) is 0.500. The number of nitrogens with two attached hydrogens (primary N) is 1. The maximum absolute atomic E-state index is 12.8. The van der Waals surface area contributed by atoms with Crippen LogP contribution >= 0.6 is 11.6 Å². The molecule has 1 aliphatic rings. The molecule has 0 bridgehead atoms. The standard InChI is InChI=1S/C12H14ClF3N2O2S/c13-11-2-1-9(5-10(11)12(14,15)16)21(19,20)18-4-3-8(6-17)7-18/h1-2,5,8H,3-4,6-7,17H2. The van der Waals surface area contributed by atoms with E-state index in [0.717, 1.165) is 16.4 Å². The zero-order valence-corrected chi connectivity index (χ0v) is 12.5. The number of sulfonamides is 1. The smallest absolute Gasteiger partial charge is 0.330 e. The van der Waals surface area contributed by atoms with Crippen LogP contribution in [0.1, 0.15) is 12.0 Å². The second-order valence-corrected chi connectivity index (χ2v) is 7.24. The summed E-state index contributed by atoms with van der Waals surface area (Å²) in [5.74, 6) is 0.0363. The summed E-state index contributed by atoms with van der Waals surface area (Å²) in [7, 11) is -3.96. The minimum atomic E-state index is -4.70. The molecule has 0 aromatic heterocycles. The highest BCUT2D eigenvalue weighted by Gasteiger charge is 2.37. The number of nitrogens with zero attached hydrogens (tertiary/aromatic N) is 1. The first-order valence-electron chi connectivity index (χ1n) is 6.23. The Morgan fingerprint density at radius 2 is 2.05 bits per heavy atom. The van der Waals surface area contributed by atoms with Gasteiger partial charge in [-0.15, -0.1) is 0 Å². The van der Waals surface area contributed by atoms with Crippen LogP contribution in [0, 0.1) is 5.92 Å². The molecule has 0 spiro atoms. The number of hydrogen-bond acceptors (Lipinski definition) is 3. The van der Waals surface area contributed by atoms with Crippen molar-refractivity contribution in [1.82, 2.24) is 4.31 Å². The third-order valence-corrected chi connectivity index (χ3v) is 5.65. The molecule has 1 saturated heterocycles. The molecule has 1 aromatic rings. The predicted molar refractivity (Wildman–Crippen MR) is 72.4 cm³/mol. The van der Waals surface area contributed by atoms with Gasteiger partial charge in [0, 0.05) is 13.1 Å². The minimum Gasteiger partial charge on any atom is -0.330 e. The number of benzene rings is 1. The summed E-state index contributed by atoms with van der Waals surface area (Å²) < 4.78 is 64.3. The van der Waals surface area contributed by atoms with Gasteiger partial charge in [-0.05, 0) is 37.1 Å². The van der Waals surface area contributed by atoms with Crippen molar-refractivity contribution in [2.45, 2.75) is 17.5 Å². The molecule has 1 unspecified atom stereocenters. The molecule has 118 valence electrons. The van der Waals surface area contributed by atoms with Crippen LogP contribution in [0.3, 0.4) is 0 Å². The summed E-state index contributed by atoms with van der Waals surface area (Å²) >= 11 is 5.49. The molecule has 1 atom stereocenters. The van der Waals surface area contributed by atoms with E-state index in [1.807, 2.05) is 0 Å². The van der Waals surface area contributed by atoms with Gasteiger partial charge >= 0.3 is 6.18 Å². The number of halogens is 4. The maximum Gasteiger partial charge on any atom is 0.417 e. The molecule has 1 aromatic carbocycles. The second-order valence-electron chi connectivity index (χ2n) is 4.89. The average molecular weight is 343 g/mol. The quantitative estimate of drug-likeness (QED) is 0.917. The predicted octanol–water partition coefficient (Wildman–Crippen LogP) is 2.33. The topological polar surface area (TPSA) is 63.4 Å². The SMILES string of the molecule is NCC1CCN(S(=O)(=O)c2ccc(Cl)c(C(F)(F)F)c2)C1. The molecule has 9 heteroatoms. The Hall–Kier alpha value is -0.830. The van der Waals surface area contributed by atoms with Gasteiger partial charge in [0.2, 0.25) is 10.0 Å². The van der Waals surface area contributed by atoms with E-state index in [9.17, 15) is 21.6 Å². The van der Waals surface area contributed by atoms with Crippen molar-refractivity contribution in [2.24, 2.45) is 11.7 Å². The fourth-order valence-corrected chi connectivity index (χ4v) is 4.02. The summed E-state index contributed by atoms with van der Waals surface area (Å²) in [6.45, 7) is 0.831. The molecular weight excluding hydrogens is 329 g/mol. The molecule has 1 heterocycles. The molecule has 0 aliphatic carbocycles. The van der Waals surface area contributed by atoms with Gasteiger partial charge in [-0.25, -0.2) is 8.42 Å². The van der Waals surface area contributed by atoms with Gasteiger partial charge in [-0.1, -0.05) is 11.6 Å². The van der Waals surface area contributed by atoms with Crippen molar-refractivity contribution < 1.29 is 21.6 Å². The Labute approximate surface area is 125 Å². The third kappa shape index (κ3) is 3.33. The first kappa shape index (κ1) is 16.5. The fourth-order valence-electron chi connectivity index (χ4n) is 2.24. The van der Waals surface area contributed by atoms with Crippen molar-refractivity contribution in [2.75, 3.05) is 19.6 Å². The lowest BCUT2D eigenvalue weighted by Crippen LogP contribution is -2.30. The molecule has 0 saturated carbocycles. The van der Waals surface area contributed by atoms with E-state index in [-0.39, 0.29) is 19.0 Å². The zero-order valence-electron chi connectivity index (χ0n) is 10.9. The lowest BCUT2D eigenvalue weighted by molar-refractivity contribution is -0.137. The highest BCUT2D eigenvalue weighted by atomic mass is 35.5. The monoisotopic (exact) mass is 342 g/mol. The Balaban J connectivity index is 2.38. The molecule has 1 fully saturated rings. The Bertz CT molecular complexity index is 634. The Kier molecular flexibility index (Phi) is 4.53. The van der Waals surface area contributed by atoms with E-state index in [4.69, 9.17) is 17.3 Å². The lowest BCUT2D eigenvalue weighted by atomic mass is 10.1. The van der Waals surface area contributed by atoms with Crippen molar-refractivity contribution in [3.8, 4) is 0 Å². The average Bonchev–Trinajstić information content (AvgIpc) is 2.87. The number of rotatable bonds is 3. The van der Waals surface area contributed by atoms with Crippen LogP contribution < -0.4 is 5.73 Å². The second kappa shape index (κ2) is 5.75. The molecule has 4 nitrogen and oxygen atoms in total. The van der Waals surface area contributed by atoms with Crippen LogP contribution in [0.5, 0.6) is 0 Å². The van der Waals surface area contributed by atoms with Gasteiger partial charge in [-0.2, -0.15) is 17.5 Å². The van der Waals surface area contributed by atoms with Crippen LogP contribution in [0.2, 0.25) is 5.02 Å². The first-order chi connectivity index (χ1) is 9.66. The summed E-state index contributed by atoms with van der Waals surface area (Å²) in [5, 5.41) is -0.525. The third-order valence-electron chi connectivity index (χ3n) is 3.46. The molecule has 21 heavy (non-hydrogen) atoms. The molecule has 2 N–H and O–H groups in total. The Morgan fingerprint density at radius 3 is 2.57 bits per heavy atom. The molecule has 0 radical (unpaired) electrons. The molecular formula is C12H14ClF3N2O2S. The molecule has 2 rings (SSSR count). The highest BCUT2D eigenvalue weighted by molar-refractivity contribution is 7.89. The van der Waals surface area contributed by atoms with Crippen LogP contribution in [0.4, 0.5) is 13.2 Å². The highest BCUT2D eigenvalue weighted by Crippen LogP contribution is 2.36. The van der Waals surface area contributed by atoms with Crippen molar-refractivity contribution in [1.29, 1.82) is 0 Å². The van der Waals surface area contributed by atoms with Crippen LogP contribution in [0.15, 0.2) is 23.1 Å². The normalized spacial score (nSPS) is 20.9. The van der Waals surface area contributed by atoms with Crippen molar-refractivity contribution in [3.63, 3.8) is 0 Å². The van der Waals surface area contributed by atoms with Gasteiger partial charge in [0.25, 0.3) is 0 Å². The largest absolute Gasteiger partial charge is 0.417 e. The minimum absolute atomic E-state index is 0.0363. The van der Waals surface area contributed by atoms with Gasteiger partial charge in [-0.3, -0.25) is 0 Å². The number of alkyl halides is 3. The molecule has 0 amide bonds. The van der Waals surface area contributed by atoms with Gasteiger partial charge in [0.15, 0.2) is 0 Å². The Morgan fingerprint density at radius 1 is 1.38 bits per heavy atom. The van der Waals surface area contributed by atoms with E-state index in [0.29, 0.717) is 19.0 Å². The van der Waals surface area contributed by atoms with Gasteiger partial charge in [0.05, 0.1) is 15.5 Å². The van der Waals surface area contributed by atoms with E-state index >= 15 is 0 Å². The van der Waals surface area contributed by atoms with Crippen LogP contribution in [0.25, 0.3) is 0 Å². The van der Waals surface area contributed by atoms with E-state index in [1.165, 1.54) is 0 Å².